The van der Waals surface area contributed by atoms with Gasteiger partial charge in [0.05, 0.1) is 12.1 Å². The fourth-order valence-corrected chi connectivity index (χ4v) is 2.65. The van der Waals surface area contributed by atoms with Gasteiger partial charge in [-0.3, -0.25) is 14.2 Å². The summed E-state index contributed by atoms with van der Waals surface area (Å²) in [5, 5.41) is 20.8. The third-order valence-electron chi connectivity index (χ3n) is 3.98. The highest BCUT2D eigenvalue weighted by molar-refractivity contribution is 5.95. The highest BCUT2D eigenvalue weighted by Crippen LogP contribution is 2.38. The van der Waals surface area contributed by atoms with Crippen LogP contribution in [0.2, 0.25) is 0 Å². The number of benzene rings is 2. The smallest absolute Gasteiger partial charge is 0.283 e. The van der Waals surface area contributed by atoms with Gasteiger partial charge in [-0.25, -0.2) is 0 Å². The van der Waals surface area contributed by atoms with Crippen LogP contribution in [0.5, 0.6) is 11.6 Å². The lowest BCUT2D eigenvalue weighted by Crippen LogP contribution is -2.32. The predicted molar refractivity (Wildman–Crippen MR) is 107 cm³/mol. The first-order valence-corrected chi connectivity index (χ1v) is 8.73. The minimum atomic E-state index is -0.675. The van der Waals surface area contributed by atoms with E-state index in [4.69, 9.17) is 11.2 Å². The Bertz CT molecular complexity index is 1100. The number of terminal acetylenes is 1. The number of amides is 2. The largest absolute Gasteiger partial charge is 0.493 e. The molecule has 0 atom stereocenters. The monoisotopic (exact) mass is 390 g/mol. The molecule has 1 heterocycles. The normalized spacial score (nSPS) is 10.7. The van der Waals surface area contributed by atoms with Crippen molar-refractivity contribution in [2.75, 3.05) is 13.2 Å². The molecule has 3 rings (SSSR count). The van der Waals surface area contributed by atoms with Crippen LogP contribution in [0.4, 0.5) is 5.69 Å². The zero-order chi connectivity index (χ0) is 20.6. The van der Waals surface area contributed by atoms with Crippen LogP contribution in [0, 0.1) is 12.3 Å². The second-order valence-corrected chi connectivity index (χ2v) is 5.95. The number of ether oxygens (including phenoxy) is 1. The molecule has 0 aliphatic heterocycles. The lowest BCUT2D eigenvalue weighted by atomic mass is 10.2. The number of carbonyl (C=O) groups is 2. The average molecular weight is 390 g/mol. The summed E-state index contributed by atoms with van der Waals surface area (Å²) >= 11 is 0. The molecule has 0 unspecified atom stereocenters. The van der Waals surface area contributed by atoms with Crippen molar-refractivity contribution in [3.63, 3.8) is 0 Å². The highest BCUT2D eigenvalue weighted by atomic mass is 16.5. The summed E-state index contributed by atoms with van der Waals surface area (Å²) in [4.78, 5) is 23.7. The summed E-state index contributed by atoms with van der Waals surface area (Å²) in [5.74, 6) is 1.68. The Balaban J connectivity index is 1.60. The van der Waals surface area contributed by atoms with Crippen molar-refractivity contribution in [1.82, 2.24) is 9.88 Å². The minimum absolute atomic E-state index is 0.142. The van der Waals surface area contributed by atoms with Gasteiger partial charge in [-0.15, -0.1) is 16.7 Å². The fraction of sp³-hybridized carbons (Fsp3) is 0.143. The van der Waals surface area contributed by atoms with E-state index >= 15 is 0 Å². The van der Waals surface area contributed by atoms with Gasteiger partial charge in [-0.05, 0) is 18.2 Å². The average Bonchev–Trinajstić information content (AvgIpc) is 3.01. The molecule has 0 aliphatic rings. The maximum Gasteiger partial charge on any atom is 0.283 e. The minimum Gasteiger partial charge on any atom is -0.493 e. The van der Waals surface area contributed by atoms with Crippen LogP contribution in [0.15, 0.2) is 64.8 Å². The Hall–Kier alpha value is -4.12. The maximum atomic E-state index is 11.9. The Kier molecular flexibility index (Phi) is 6.22. The summed E-state index contributed by atoms with van der Waals surface area (Å²) in [7, 11) is 0. The fourth-order valence-electron chi connectivity index (χ4n) is 2.65. The third-order valence-corrected chi connectivity index (χ3v) is 3.98. The Labute approximate surface area is 166 Å². The van der Waals surface area contributed by atoms with E-state index in [2.05, 4.69) is 21.5 Å². The standard InChI is InChI=1S/C21H18N4O4/c1-2-12-25-17-11-7-6-10-16(17)20(21(25)28)24-23-18(26)13-22-19(27)14-29-15-8-4-3-5-9-15/h1,3-11,28H,12-14H2,(H,22,27). The zero-order valence-electron chi connectivity index (χ0n) is 15.4. The second-order valence-electron chi connectivity index (χ2n) is 5.95. The van der Waals surface area contributed by atoms with Crippen molar-refractivity contribution in [1.29, 1.82) is 0 Å². The maximum absolute atomic E-state index is 11.9. The molecule has 0 bridgehead atoms. The molecule has 29 heavy (non-hydrogen) atoms. The quantitative estimate of drug-likeness (QED) is 0.478. The number of hydrogen-bond acceptors (Lipinski definition) is 5. The number of nitrogens with one attached hydrogen (secondary N) is 1. The van der Waals surface area contributed by atoms with Crippen molar-refractivity contribution < 1.29 is 19.4 Å². The zero-order valence-corrected chi connectivity index (χ0v) is 15.4. The number of aromatic hydroxyl groups is 1. The molecule has 1 aromatic heterocycles. The van der Waals surface area contributed by atoms with E-state index in [0.29, 0.717) is 16.7 Å². The molecule has 0 aliphatic carbocycles. The molecular weight excluding hydrogens is 372 g/mol. The van der Waals surface area contributed by atoms with E-state index in [-0.39, 0.29) is 31.3 Å². The first-order chi connectivity index (χ1) is 14.1. The van der Waals surface area contributed by atoms with Gasteiger partial charge >= 0.3 is 0 Å². The van der Waals surface area contributed by atoms with Crippen LogP contribution < -0.4 is 10.1 Å². The topological polar surface area (TPSA) is 105 Å². The molecule has 2 N–H and O–H groups in total. The Morgan fingerprint density at radius 3 is 2.62 bits per heavy atom. The molecule has 2 aromatic carbocycles. The number of fused-ring (bicyclic) bond motifs is 1. The van der Waals surface area contributed by atoms with Crippen molar-refractivity contribution >= 4 is 28.4 Å². The third kappa shape index (κ3) is 4.78. The van der Waals surface area contributed by atoms with Crippen molar-refractivity contribution in [3.8, 4) is 24.0 Å². The Morgan fingerprint density at radius 1 is 1.14 bits per heavy atom. The summed E-state index contributed by atoms with van der Waals surface area (Å²) in [5.41, 5.74) is 0.818. The summed E-state index contributed by atoms with van der Waals surface area (Å²) in [6, 6.07) is 15.9. The van der Waals surface area contributed by atoms with Gasteiger partial charge < -0.3 is 15.2 Å². The van der Waals surface area contributed by atoms with Crippen LogP contribution >= 0.6 is 0 Å². The van der Waals surface area contributed by atoms with Crippen LogP contribution in [-0.4, -0.2) is 34.6 Å². The van der Waals surface area contributed by atoms with Crippen molar-refractivity contribution in [2.45, 2.75) is 6.54 Å². The number of carbonyl (C=O) groups excluding carboxylic acids is 2. The summed E-state index contributed by atoms with van der Waals surface area (Å²) in [6.45, 7) is -0.424. The molecular formula is C21H18N4O4. The lowest BCUT2D eigenvalue weighted by molar-refractivity contribution is -0.126. The molecule has 8 nitrogen and oxygen atoms in total. The summed E-state index contributed by atoms with van der Waals surface area (Å²) < 4.78 is 6.79. The van der Waals surface area contributed by atoms with Crippen LogP contribution in [0.1, 0.15) is 0 Å². The van der Waals surface area contributed by atoms with Gasteiger partial charge in [0.2, 0.25) is 5.88 Å². The summed E-state index contributed by atoms with van der Waals surface area (Å²) in [6.07, 6.45) is 5.34. The molecule has 0 saturated carbocycles. The molecule has 0 radical (unpaired) electrons. The molecule has 3 aromatic rings. The molecule has 0 spiro atoms. The van der Waals surface area contributed by atoms with Crippen LogP contribution in [-0.2, 0) is 16.1 Å². The number of azo groups is 1. The number of nitrogens with zero attached hydrogens (tertiary/aromatic N) is 3. The van der Waals surface area contributed by atoms with Gasteiger partial charge in [0.25, 0.3) is 11.8 Å². The van der Waals surface area contributed by atoms with E-state index in [1.165, 1.54) is 4.57 Å². The Morgan fingerprint density at radius 2 is 1.86 bits per heavy atom. The van der Waals surface area contributed by atoms with Gasteiger partial charge in [0, 0.05) is 5.39 Å². The van der Waals surface area contributed by atoms with Gasteiger partial charge in [-0.2, -0.15) is 0 Å². The number of hydrogen-bond donors (Lipinski definition) is 2. The first-order valence-electron chi connectivity index (χ1n) is 8.73. The number of para-hydroxylation sites is 2. The molecule has 2 amide bonds. The van der Waals surface area contributed by atoms with Crippen LogP contribution in [0.25, 0.3) is 10.9 Å². The van der Waals surface area contributed by atoms with Crippen molar-refractivity contribution in [3.05, 3.63) is 54.6 Å². The van der Waals surface area contributed by atoms with Crippen molar-refractivity contribution in [2.24, 2.45) is 10.2 Å². The van der Waals surface area contributed by atoms with Gasteiger partial charge in [0.15, 0.2) is 12.3 Å². The van der Waals surface area contributed by atoms with E-state index < -0.39 is 11.8 Å². The lowest BCUT2D eigenvalue weighted by Gasteiger charge is -2.05. The second kappa shape index (κ2) is 9.19. The van der Waals surface area contributed by atoms with E-state index in [9.17, 15) is 14.7 Å². The number of aromatic nitrogens is 1. The van der Waals surface area contributed by atoms with E-state index in [1.807, 2.05) is 6.07 Å². The molecule has 0 fully saturated rings. The van der Waals surface area contributed by atoms with Gasteiger partial charge in [-0.1, -0.05) is 42.3 Å². The van der Waals surface area contributed by atoms with E-state index in [1.54, 1.807) is 48.5 Å². The molecule has 0 saturated heterocycles. The van der Waals surface area contributed by atoms with Gasteiger partial charge in [0.1, 0.15) is 12.3 Å². The first kappa shape index (κ1) is 19.6. The molecule has 146 valence electrons. The molecule has 8 heteroatoms. The number of rotatable bonds is 7. The van der Waals surface area contributed by atoms with E-state index in [0.717, 1.165) is 0 Å². The van der Waals surface area contributed by atoms with Crippen LogP contribution in [0.3, 0.4) is 0 Å². The SMILES string of the molecule is C#CCn1c(O)c(N=NC(=O)CNC(=O)COc2ccccc2)c2ccccc21. The predicted octanol–water partition coefficient (Wildman–Crippen LogP) is 2.79. The highest BCUT2D eigenvalue weighted by Gasteiger charge is 2.16.